The van der Waals surface area contributed by atoms with Gasteiger partial charge in [-0.15, -0.1) is 0 Å². The van der Waals surface area contributed by atoms with E-state index >= 15 is 0 Å². The predicted molar refractivity (Wildman–Crippen MR) is 41.7 cm³/mol. The Morgan fingerprint density at radius 3 is 2.89 bits per heavy atom. The lowest BCUT2D eigenvalue weighted by molar-refractivity contribution is -0.109. The van der Waals surface area contributed by atoms with Crippen molar-refractivity contribution in [1.29, 1.82) is 0 Å². The van der Waals surface area contributed by atoms with Crippen molar-refractivity contribution in [3.63, 3.8) is 0 Å². The molecule has 0 fully saturated rings. The van der Waals surface area contributed by atoms with E-state index in [1.54, 1.807) is 0 Å². The molecule has 0 saturated heterocycles. The molecule has 0 aromatic rings. The highest BCUT2D eigenvalue weighted by atomic mass is 32.2. The number of amides is 1. The zero-order valence-electron chi connectivity index (χ0n) is 5.72. The molecule has 1 amide bonds. The van der Waals surface area contributed by atoms with Gasteiger partial charge in [0, 0.05) is 12.3 Å². The van der Waals surface area contributed by atoms with Gasteiger partial charge in [-0.2, -0.15) is 11.8 Å². The van der Waals surface area contributed by atoms with Crippen LogP contribution in [0.3, 0.4) is 0 Å². The molecule has 2 nitrogen and oxygen atoms in total. The van der Waals surface area contributed by atoms with E-state index in [-0.39, 0.29) is 0 Å². The summed E-state index contributed by atoms with van der Waals surface area (Å²) in [6, 6.07) is 0. The van der Waals surface area contributed by atoms with Gasteiger partial charge in [-0.3, -0.25) is 4.79 Å². The smallest absolute Gasteiger partial charge is 0.207 e. The van der Waals surface area contributed by atoms with Crippen molar-refractivity contribution in [2.24, 2.45) is 0 Å². The minimum Gasteiger partial charge on any atom is -0.358 e. The van der Waals surface area contributed by atoms with Crippen LogP contribution >= 0.6 is 11.8 Å². The van der Waals surface area contributed by atoms with E-state index in [9.17, 15) is 4.79 Å². The average Bonchev–Trinajstić information content (AvgIpc) is 1.89. The molecule has 0 atom stereocenters. The molecule has 0 heterocycles. The van der Waals surface area contributed by atoms with Crippen LogP contribution in [0, 0.1) is 0 Å². The Kier molecular flexibility index (Phi) is 7.66. The topological polar surface area (TPSA) is 29.1 Å². The van der Waals surface area contributed by atoms with Crippen LogP contribution in [-0.2, 0) is 4.79 Å². The molecule has 0 aliphatic carbocycles. The molecule has 9 heavy (non-hydrogen) atoms. The Labute approximate surface area is 60.4 Å². The summed E-state index contributed by atoms with van der Waals surface area (Å²) < 4.78 is 0. The number of hydrogen-bond donors (Lipinski definition) is 1. The first-order valence-electron chi connectivity index (χ1n) is 3.16. The SMILES string of the molecule is CCCSCCNC=O. The van der Waals surface area contributed by atoms with Gasteiger partial charge in [-0.25, -0.2) is 0 Å². The van der Waals surface area contributed by atoms with Gasteiger partial charge in [0.25, 0.3) is 0 Å². The van der Waals surface area contributed by atoms with Gasteiger partial charge in [0.05, 0.1) is 0 Å². The molecule has 0 unspecified atom stereocenters. The molecule has 0 aliphatic heterocycles. The number of hydrogen-bond acceptors (Lipinski definition) is 2. The fourth-order valence-electron chi connectivity index (χ4n) is 0.436. The van der Waals surface area contributed by atoms with E-state index in [2.05, 4.69) is 12.2 Å². The Morgan fingerprint density at radius 1 is 1.56 bits per heavy atom. The largest absolute Gasteiger partial charge is 0.358 e. The maximum Gasteiger partial charge on any atom is 0.207 e. The Hall–Kier alpha value is -0.180. The molecular weight excluding hydrogens is 134 g/mol. The molecule has 0 aromatic heterocycles. The van der Waals surface area contributed by atoms with Gasteiger partial charge in [0.2, 0.25) is 6.41 Å². The normalized spacial score (nSPS) is 9.00. The zero-order chi connectivity index (χ0) is 6.95. The van der Waals surface area contributed by atoms with Crippen molar-refractivity contribution in [2.45, 2.75) is 13.3 Å². The number of thioether (sulfide) groups is 1. The molecule has 0 saturated carbocycles. The summed E-state index contributed by atoms with van der Waals surface area (Å²) in [4.78, 5) is 9.72. The monoisotopic (exact) mass is 147 g/mol. The minimum atomic E-state index is 0.743. The van der Waals surface area contributed by atoms with Crippen molar-refractivity contribution in [3.05, 3.63) is 0 Å². The summed E-state index contributed by atoms with van der Waals surface area (Å²) in [7, 11) is 0. The lowest BCUT2D eigenvalue weighted by Crippen LogP contribution is -2.14. The van der Waals surface area contributed by atoms with Crippen LogP contribution in [-0.4, -0.2) is 24.5 Å². The summed E-state index contributed by atoms with van der Waals surface area (Å²) in [6.45, 7) is 2.95. The van der Waals surface area contributed by atoms with Gasteiger partial charge in [-0.05, 0) is 12.2 Å². The van der Waals surface area contributed by atoms with Gasteiger partial charge in [0.15, 0.2) is 0 Å². The molecule has 0 bridgehead atoms. The minimum absolute atomic E-state index is 0.743. The van der Waals surface area contributed by atoms with Crippen LogP contribution < -0.4 is 5.32 Å². The van der Waals surface area contributed by atoms with Gasteiger partial charge >= 0.3 is 0 Å². The van der Waals surface area contributed by atoms with Gasteiger partial charge in [0.1, 0.15) is 0 Å². The lowest BCUT2D eigenvalue weighted by atomic mass is 10.6. The molecule has 0 spiro atoms. The average molecular weight is 147 g/mol. The van der Waals surface area contributed by atoms with E-state index in [1.165, 1.54) is 12.2 Å². The van der Waals surface area contributed by atoms with Crippen molar-refractivity contribution in [3.8, 4) is 0 Å². The second-order valence-electron chi connectivity index (χ2n) is 1.68. The van der Waals surface area contributed by atoms with Gasteiger partial charge < -0.3 is 5.32 Å². The maximum absolute atomic E-state index is 9.72. The second kappa shape index (κ2) is 7.82. The van der Waals surface area contributed by atoms with E-state index in [4.69, 9.17) is 0 Å². The number of rotatable bonds is 6. The molecule has 0 aromatic carbocycles. The third-order valence-electron chi connectivity index (χ3n) is 0.823. The Balaban J connectivity index is 2.66. The van der Waals surface area contributed by atoms with Crippen molar-refractivity contribution in [2.75, 3.05) is 18.1 Å². The third kappa shape index (κ3) is 7.82. The number of nitrogens with one attached hydrogen (secondary N) is 1. The molecule has 0 radical (unpaired) electrons. The summed E-state index contributed by atoms with van der Waals surface area (Å²) >= 11 is 1.87. The predicted octanol–water partition coefficient (Wildman–Crippen LogP) is 0.876. The van der Waals surface area contributed by atoms with Crippen molar-refractivity contribution >= 4 is 18.2 Å². The number of carbonyl (C=O) groups is 1. The highest BCUT2D eigenvalue weighted by molar-refractivity contribution is 7.99. The lowest BCUT2D eigenvalue weighted by Gasteiger charge is -1.96. The Bertz CT molecular complexity index is 68.1. The van der Waals surface area contributed by atoms with Crippen LogP contribution in [0.15, 0.2) is 0 Å². The van der Waals surface area contributed by atoms with Crippen LogP contribution in [0.25, 0.3) is 0 Å². The van der Waals surface area contributed by atoms with E-state index in [0.717, 1.165) is 18.7 Å². The molecule has 0 rings (SSSR count). The first-order valence-corrected chi connectivity index (χ1v) is 4.32. The van der Waals surface area contributed by atoms with E-state index in [1.807, 2.05) is 11.8 Å². The highest BCUT2D eigenvalue weighted by Gasteiger charge is 1.83. The molecule has 1 N–H and O–H groups in total. The summed E-state index contributed by atoms with van der Waals surface area (Å²) in [6.07, 6.45) is 1.96. The fraction of sp³-hybridized carbons (Fsp3) is 0.833. The fourth-order valence-corrected chi connectivity index (χ4v) is 1.19. The summed E-state index contributed by atoms with van der Waals surface area (Å²) in [5.74, 6) is 2.23. The Morgan fingerprint density at radius 2 is 2.33 bits per heavy atom. The van der Waals surface area contributed by atoms with Crippen LogP contribution in [0.4, 0.5) is 0 Å². The van der Waals surface area contributed by atoms with Crippen LogP contribution in [0.2, 0.25) is 0 Å². The van der Waals surface area contributed by atoms with Gasteiger partial charge in [-0.1, -0.05) is 6.92 Å². The van der Waals surface area contributed by atoms with Crippen molar-refractivity contribution in [1.82, 2.24) is 5.32 Å². The molecule has 0 aliphatic rings. The standard InChI is InChI=1S/C6H13NOS/c1-2-4-9-5-3-7-6-8/h6H,2-5H2,1H3,(H,7,8). The summed E-state index contributed by atoms with van der Waals surface area (Å²) in [5, 5.41) is 2.61. The van der Waals surface area contributed by atoms with E-state index < -0.39 is 0 Å². The maximum atomic E-state index is 9.72. The van der Waals surface area contributed by atoms with Crippen LogP contribution in [0.1, 0.15) is 13.3 Å². The van der Waals surface area contributed by atoms with Crippen molar-refractivity contribution < 1.29 is 4.79 Å². The molecule has 3 heteroatoms. The second-order valence-corrected chi connectivity index (χ2v) is 2.91. The molecule has 54 valence electrons. The summed E-state index contributed by atoms with van der Waals surface area (Å²) in [5.41, 5.74) is 0. The first-order chi connectivity index (χ1) is 4.41. The number of carbonyl (C=O) groups excluding carboxylic acids is 1. The van der Waals surface area contributed by atoms with Crippen LogP contribution in [0.5, 0.6) is 0 Å². The highest BCUT2D eigenvalue weighted by Crippen LogP contribution is 1.98. The van der Waals surface area contributed by atoms with E-state index in [0.29, 0.717) is 0 Å². The molecular formula is C6H13NOS. The third-order valence-corrected chi connectivity index (χ3v) is 2.01. The quantitative estimate of drug-likeness (QED) is 0.446. The zero-order valence-corrected chi connectivity index (χ0v) is 6.54. The first kappa shape index (κ1) is 8.82.